The first-order valence-electron chi connectivity index (χ1n) is 6.92. The molecule has 0 saturated heterocycles. The van der Waals surface area contributed by atoms with Crippen molar-refractivity contribution in [2.45, 2.75) is 32.1 Å². The maximum atomic E-state index is 12.0. The summed E-state index contributed by atoms with van der Waals surface area (Å²) < 4.78 is 0. The summed E-state index contributed by atoms with van der Waals surface area (Å²) in [5.41, 5.74) is 3.50. The quantitative estimate of drug-likeness (QED) is 0.868. The van der Waals surface area contributed by atoms with Crippen LogP contribution < -0.4 is 5.32 Å². The molecule has 1 aliphatic carbocycles. The normalized spacial score (nSPS) is 12.8. The number of nitrogens with one attached hydrogen (secondary N) is 1. The second kappa shape index (κ2) is 6.41. The van der Waals surface area contributed by atoms with Gasteiger partial charge in [0.2, 0.25) is 0 Å². The molecule has 5 heteroatoms. The second-order valence-electron chi connectivity index (χ2n) is 5.19. The zero-order valence-corrected chi connectivity index (χ0v) is 11.7. The van der Waals surface area contributed by atoms with Gasteiger partial charge in [0.25, 0.3) is 0 Å². The summed E-state index contributed by atoms with van der Waals surface area (Å²) in [7, 11) is 1.67. The molecule has 1 aliphatic rings. The molecule has 1 aromatic carbocycles. The number of urea groups is 1. The minimum atomic E-state index is -0.836. The third-order valence-electron chi connectivity index (χ3n) is 3.58. The van der Waals surface area contributed by atoms with E-state index in [0.29, 0.717) is 13.0 Å². The number of amides is 2. The van der Waals surface area contributed by atoms with Crippen molar-refractivity contribution in [2.24, 2.45) is 0 Å². The van der Waals surface area contributed by atoms with Crippen molar-refractivity contribution in [3.8, 4) is 0 Å². The fourth-order valence-electron chi connectivity index (χ4n) is 2.44. The van der Waals surface area contributed by atoms with Gasteiger partial charge in [-0.05, 0) is 48.9 Å². The molecule has 0 unspecified atom stereocenters. The fraction of sp³-hybridized carbons (Fsp3) is 0.467. The third-order valence-corrected chi connectivity index (χ3v) is 3.58. The van der Waals surface area contributed by atoms with Crippen molar-refractivity contribution in [1.82, 2.24) is 4.90 Å². The molecule has 0 saturated carbocycles. The second-order valence-corrected chi connectivity index (χ2v) is 5.19. The van der Waals surface area contributed by atoms with E-state index >= 15 is 0 Å². The molecular formula is C15H20N2O3. The minimum Gasteiger partial charge on any atom is -0.481 e. The van der Waals surface area contributed by atoms with Crippen LogP contribution >= 0.6 is 0 Å². The van der Waals surface area contributed by atoms with Gasteiger partial charge in [0, 0.05) is 25.7 Å². The highest BCUT2D eigenvalue weighted by Gasteiger charge is 2.13. The molecule has 2 N–H and O–H groups in total. The summed E-state index contributed by atoms with van der Waals surface area (Å²) >= 11 is 0. The lowest BCUT2D eigenvalue weighted by Crippen LogP contribution is -2.32. The van der Waals surface area contributed by atoms with Crippen molar-refractivity contribution < 1.29 is 14.7 Å². The van der Waals surface area contributed by atoms with Crippen molar-refractivity contribution in [2.75, 3.05) is 18.9 Å². The molecule has 0 heterocycles. The first kappa shape index (κ1) is 14.4. The van der Waals surface area contributed by atoms with Gasteiger partial charge >= 0.3 is 12.0 Å². The highest BCUT2D eigenvalue weighted by Crippen LogP contribution is 2.24. The van der Waals surface area contributed by atoms with E-state index in [9.17, 15) is 9.59 Å². The molecule has 0 aliphatic heterocycles. The van der Waals surface area contributed by atoms with Gasteiger partial charge in [0.1, 0.15) is 0 Å². The molecule has 1 aromatic rings. The maximum absolute atomic E-state index is 12.0. The van der Waals surface area contributed by atoms with Crippen molar-refractivity contribution >= 4 is 17.7 Å². The van der Waals surface area contributed by atoms with Crippen LogP contribution in [0.3, 0.4) is 0 Å². The molecule has 2 rings (SSSR count). The Morgan fingerprint density at radius 1 is 1.30 bits per heavy atom. The van der Waals surface area contributed by atoms with Gasteiger partial charge in [-0.25, -0.2) is 4.79 Å². The lowest BCUT2D eigenvalue weighted by atomic mass is 10.1. The van der Waals surface area contributed by atoms with Gasteiger partial charge in [0.15, 0.2) is 0 Å². The van der Waals surface area contributed by atoms with E-state index in [-0.39, 0.29) is 12.5 Å². The van der Waals surface area contributed by atoms with E-state index in [2.05, 4.69) is 11.4 Å². The lowest BCUT2D eigenvalue weighted by molar-refractivity contribution is -0.137. The molecule has 108 valence electrons. The molecule has 5 nitrogen and oxygen atoms in total. The number of carbonyl (C=O) groups excluding carboxylic acids is 1. The third kappa shape index (κ3) is 3.73. The van der Waals surface area contributed by atoms with E-state index < -0.39 is 5.97 Å². The first-order valence-corrected chi connectivity index (χ1v) is 6.92. The number of carbonyl (C=O) groups is 2. The summed E-state index contributed by atoms with van der Waals surface area (Å²) in [6, 6.07) is 5.83. The fourth-order valence-corrected chi connectivity index (χ4v) is 2.44. The molecule has 0 spiro atoms. The molecule has 20 heavy (non-hydrogen) atoms. The smallest absolute Gasteiger partial charge is 0.321 e. The van der Waals surface area contributed by atoms with Gasteiger partial charge < -0.3 is 15.3 Å². The molecule has 0 bridgehead atoms. The van der Waals surface area contributed by atoms with Crippen molar-refractivity contribution in [3.05, 3.63) is 29.3 Å². The summed E-state index contributed by atoms with van der Waals surface area (Å²) in [6.45, 7) is 0.434. The summed E-state index contributed by atoms with van der Waals surface area (Å²) in [5.74, 6) is -0.836. The highest BCUT2D eigenvalue weighted by atomic mass is 16.4. The largest absolute Gasteiger partial charge is 0.481 e. The number of rotatable bonds is 5. The average Bonchev–Trinajstić information content (AvgIpc) is 2.85. The number of carboxylic acids is 1. The number of aliphatic carboxylic acids is 1. The Hall–Kier alpha value is -2.04. The molecule has 0 fully saturated rings. The van der Waals surface area contributed by atoms with E-state index in [0.717, 1.165) is 18.5 Å². The highest BCUT2D eigenvalue weighted by molar-refractivity contribution is 5.89. The predicted octanol–water partition coefficient (Wildman–Crippen LogP) is 2.50. The molecule has 0 aromatic heterocycles. The number of fused-ring (bicyclic) bond motifs is 1. The Morgan fingerprint density at radius 2 is 2.05 bits per heavy atom. The van der Waals surface area contributed by atoms with E-state index in [1.807, 2.05) is 12.1 Å². The van der Waals surface area contributed by atoms with Gasteiger partial charge in [-0.15, -0.1) is 0 Å². The van der Waals surface area contributed by atoms with Crippen LogP contribution in [-0.4, -0.2) is 35.6 Å². The molecule has 2 amide bonds. The van der Waals surface area contributed by atoms with Crippen molar-refractivity contribution in [3.63, 3.8) is 0 Å². The van der Waals surface area contributed by atoms with Crippen LogP contribution in [0.2, 0.25) is 0 Å². The first-order chi connectivity index (χ1) is 9.56. The number of benzene rings is 1. The average molecular weight is 276 g/mol. The maximum Gasteiger partial charge on any atom is 0.321 e. The predicted molar refractivity (Wildman–Crippen MR) is 77.0 cm³/mol. The summed E-state index contributed by atoms with van der Waals surface area (Å²) in [5, 5.41) is 11.4. The zero-order chi connectivity index (χ0) is 14.5. The Balaban J connectivity index is 1.86. The van der Waals surface area contributed by atoms with Gasteiger partial charge in [-0.3, -0.25) is 4.79 Å². The Morgan fingerprint density at radius 3 is 2.80 bits per heavy atom. The van der Waals surface area contributed by atoms with Gasteiger partial charge in [0.05, 0.1) is 0 Å². The molecule has 0 atom stereocenters. The number of nitrogens with zero attached hydrogens (tertiary/aromatic N) is 1. The van der Waals surface area contributed by atoms with Crippen LogP contribution in [0.5, 0.6) is 0 Å². The monoisotopic (exact) mass is 276 g/mol. The van der Waals surface area contributed by atoms with E-state index in [1.165, 1.54) is 22.4 Å². The van der Waals surface area contributed by atoms with Crippen LogP contribution in [0.25, 0.3) is 0 Å². The van der Waals surface area contributed by atoms with Gasteiger partial charge in [-0.2, -0.15) is 0 Å². The Kier molecular flexibility index (Phi) is 4.61. The minimum absolute atomic E-state index is 0.0798. The Labute approximate surface area is 118 Å². The van der Waals surface area contributed by atoms with Crippen LogP contribution in [0.15, 0.2) is 18.2 Å². The SMILES string of the molecule is CN(CCCC(=O)O)C(=O)Nc1ccc2c(c1)CCC2. The summed E-state index contributed by atoms with van der Waals surface area (Å²) in [6.07, 6.45) is 3.92. The van der Waals surface area contributed by atoms with E-state index in [1.54, 1.807) is 7.05 Å². The topological polar surface area (TPSA) is 69.6 Å². The lowest BCUT2D eigenvalue weighted by Gasteiger charge is -2.17. The number of carboxylic acid groups (broad SMARTS) is 1. The van der Waals surface area contributed by atoms with Gasteiger partial charge in [-0.1, -0.05) is 6.07 Å². The zero-order valence-electron chi connectivity index (χ0n) is 11.7. The molecule has 0 radical (unpaired) electrons. The summed E-state index contributed by atoms with van der Waals surface area (Å²) in [4.78, 5) is 23.9. The van der Waals surface area contributed by atoms with Crippen LogP contribution in [0.1, 0.15) is 30.4 Å². The van der Waals surface area contributed by atoms with Crippen molar-refractivity contribution in [1.29, 1.82) is 0 Å². The number of anilines is 1. The van der Waals surface area contributed by atoms with Crippen LogP contribution in [0, 0.1) is 0 Å². The Bertz CT molecular complexity index is 514. The van der Waals surface area contributed by atoms with Crippen LogP contribution in [0.4, 0.5) is 10.5 Å². The number of hydrogen-bond acceptors (Lipinski definition) is 2. The number of aryl methyl sites for hydroxylation is 2. The standard InChI is InChI=1S/C15H20N2O3/c1-17(9-3-6-14(18)19)15(20)16-13-8-7-11-4-2-5-12(11)10-13/h7-8,10H,2-6,9H2,1H3,(H,16,20)(H,18,19). The van der Waals surface area contributed by atoms with Crippen LogP contribution in [-0.2, 0) is 17.6 Å². The molecular weight excluding hydrogens is 256 g/mol. The number of hydrogen-bond donors (Lipinski definition) is 2. The van der Waals surface area contributed by atoms with E-state index in [4.69, 9.17) is 5.11 Å².